The van der Waals surface area contributed by atoms with Crippen molar-refractivity contribution in [2.75, 3.05) is 5.32 Å². The highest BCUT2D eigenvalue weighted by Crippen LogP contribution is 2.60. The standard InChI is InChI=1S/C30H23ClN8O2/c1-15-30(6-7-30)41-26-9-16(2-4-22(26)34-15)23-13-32-29(35-23)28-21-12-20(21)25-8-17(10-27(40)39(25)28)19-11-18(31)3-5-24(19)38-14-33-36-37-38/h2-5,8-11,13-14,20-21,28,34H,1,6-7,12H2,(H,32,35). The lowest BCUT2D eigenvalue weighted by Gasteiger charge is -2.29. The third-order valence-corrected chi connectivity index (χ3v) is 9.12. The number of aromatic nitrogens is 7. The van der Waals surface area contributed by atoms with Crippen molar-refractivity contribution >= 4 is 17.3 Å². The summed E-state index contributed by atoms with van der Waals surface area (Å²) in [6, 6.07) is 15.2. The molecule has 2 aliphatic heterocycles. The second-order valence-corrected chi connectivity index (χ2v) is 11.8. The lowest BCUT2D eigenvalue weighted by molar-refractivity contribution is 0.212. The van der Waals surface area contributed by atoms with E-state index in [0.717, 1.165) is 76.0 Å². The van der Waals surface area contributed by atoms with Gasteiger partial charge in [-0.05, 0) is 77.6 Å². The summed E-state index contributed by atoms with van der Waals surface area (Å²) in [5.41, 5.74) is 6.75. The van der Waals surface area contributed by atoms with Crippen LogP contribution in [-0.4, -0.2) is 40.3 Å². The number of nitrogens with zero attached hydrogens (tertiary/aromatic N) is 6. The number of H-pyrrole nitrogens is 1. The summed E-state index contributed by atoms with van der Waals surface area (Å²) >= 11 is 6.37. The van der Waals surface area contributed by atoms with Crippen LogP contribution in [0, 0.1) is 5.92 Å². The maximum absolute atomic E-state index is 13.7. The molecule has 2 saturated carbocycles. The highest BCUT2D eigenvalue weighted by molar-refractivity contribution is 6.31. The van der Waals surface area contributed by atoms with Crippen LogP contribution in [-0.2, 0) is 0 Å². The van der Waals surface area contributed by atoms with Crippen molar-refractivity contribution in [1.82, 2.24) is 34.7 Å². The van der Waals surface area contributed by atoms with E-state index in [1.165, 1.54) is 6.33 Å². The van der Waals surface area contributed by atoms with E-state index in [2.05, 4.69) is 38.5 Å². The Hall–Kier alpha value is -4.70. The van der Waals surface area contributed by atoms with Crippen LogP contribution >= 0.6 is 11.6 Å². The minimum absolute atomic E-state index is 0.0708. The van der Waals surface area contributed by atoms with Gasteiger partial charge in [0.05, 0.1) is 35.0 Å². The average Bonchev–Trinajstić information content (AvgIpc) is 3.71. The molecule has 0 radical (unpaired) electrons. The Balaban J connectivity index is 1.08. The van der Waals surface area contributed by atoms with Gasteiger partial charge < -0.3 is 19.6 Å². The summed E-state index contributed by atoms with van der Waals surface area (Å²) in [6.45, 7) is 4.14. The van der Waals surface area contributed by atoms with Gasteiger partial charge in [-0.1, -0.05) is 24.2 Å². The van der Waals surface area contributed by atoms with Gasteiger partial charge in [0.25, 0.3) is 5.56 Å². The predicted molar refractivity (Wildman–Crippen MR) is 152 cm³/mol. The fourth-order valence-electron chi connectivity index (χ4n) is 6.55. The number of anilines is 1. The molecule has 2 fully saturated rings. The molecule has 41 heavy (non-hydrogen) atoms. The summed E-state index contributed by atoms with van der Waals surface area (Å²) in [4.78, 5) is 22.0. The van der Waals surface area contributed by atoms with E-state index in [4.69, 9.17) is 21.3 Å². The number of tetrazole rings is 1. The maximum Gasteiger partial charge on any atom is 0.252 e. The molecule has 0 saturated heterocycles. The Kier molecular flexibility index (Phi) is 4.47. The summed E-state index contributed by atoms with van der Waals surface area (Å²) in [6.07, 6.45) is 6.35. The van der Waals surface area contributed by atoms with E-state index >= 15 is 0 Å². The fourth-order valence-corrected chi connectivity index (χ4v) is 6.72. The van der Waals surface area contributed by atoms with Crippen molar-refractivity contribution in [3.8, 4) is 33.8 Å². The van der Waals surface area contributed by atoms with Gasteiger partial charge in [-0.3, -0.25) is 4.79 Å². The number of nitrogens with one attached hydrogen (secondary N) is 2. The van der Waals surface area contributed by atoms with Crippen LogP contribution in [0.2, 0.25) is 5.02 Å². The van der Waals surface area contributed by atoms with Gasteiger partial charge in [-0.25, -0.2) is 4.98 Å². The molecule has 0 amide bonds. The van der Waals surface area contributed by atoms with Crippen LogP contribution in [0.5, 0.6) is 5.75 Å². The number of imidazole rings is 1. The zero-order valence-electron chi connectivity index (χ0n) is 21.7. The second kappa shape index (κ2) is 7.94. The highest BCUT2D eigenvalue weighted by Gasteiger charge is 2.54. The van der Waals surface area contributed by atoms with Crippen molar-refractivity contribution in [3.05, 3.63) is 100 Å². The number of halogens is 1. The van der Waals surface area contributed by atoms with Gasteiger partial charge in [0.1, 0.15) is 23.5 Å². The Labute approximate surface area is 238 Å². The Morgan fingerprint density at radius 3 is 2.83 bits per heavy atom. The molecule has 3 aromatic heterocycles. The minimum Gasteiger partial charge on any atom is -0.479 e. The topological polar surface area (TPSA) is 116 Å². The molecule has 9 rings (SSSR count). The van der Waals surface area contributed by atoms with Gasteiger partial charge in [0.2, 0.25) is 0 Å². The normalized spacial score (nSPS) is 22.5. The lowest BCUT2D eigenvalue weighted by Crippen LogP contribution is -2.29. The molecule has 1 spiro atoms. The number of benzene rings is 2. The Morgan fingerprint density at radius 2 is 2.00 bits per heavy atom. The van der Waals surface area contributed by atoms with Gasteiger partial charge in [-0.2, -0.15) is 4.68 Å². The number of hydrogen-bond donors (Lipinski definition) is 2. The maximum atomic E-state index is 13.7. The number of aromatic amines is 1. The molecule has 5 heterocycles. The second-order valence-electron chi connectivity index (χ2n) is 11.3. The third kappa shape index (κ3) is 3.40. The van der Waals surface area contributed by atoms with E-state index < -0.39 is 0 Å². The van der Waals surface area contributed by atoms with Crippen molar-refractivity contribution in [1.29, 1.82) is 0 Å². The molecule has 3 atom stereocenters. The van der Waals surface area contributed by atoms with Crippen LogP contribution in [0.3, 0.4) is 0 Å². The first-order chi connectivity index (χ1) is 20.0. The van der Waals surface area contributed by atoms with E-state index in [1.807, 2.05) is 41.1 Å². The van der Waals surface area contributed by atoms with Crippen molar-refractivity contribution in [2.24, 2.45) is 5.92 Å². The first-order valence-electron chi connectivity index (χ1n) is 13.6. The highest BCUT2D eigenvalue weighted by atomic mass is 35.5. The predicted octanol–water partition coefficient (Wildman–Crippen LogP) is 5.09. The van der Waals surface area contributed by atoms with Gasteiger partial charge in [0.15, 0.2) is 0 Å². The molecule has 202 valence electrons. The van der Waals surface area contributed by atoms with Crippen molar-refractivity contribution in [3.63, 3.8) is 0 Å². The summed E-state index contributed by atoms with van der Waals surface area (Å²) in [7, 11) is 0. The van der Waals surface area contributed by atoms with Crippen LogP contribution in [0.25, 0.3) is 28.1 Å². The number of rotatable bonds is 4. The first-order valence-corrected chi connectivity index (χ1v) is 14.0. The Morgan fingerprint density at radius 1 is 1.10 bits per heavy atom. The molecular formula is C30H23ClN8O2. The van der Waals surface area contributed by atoms with Gasteiger partial charge in [0, 0.05) is 33.8 Å². The van der Waals surface area contributed by atoms with Gasteiger partial charge in [-0.15, -0.1) is 5.10 Å². The van der Waals surface area contributed by atoms with E-state index in [0.29, 0.717) is 16.9 Å². The molecule has 0 bridgehead atoms. The molecule has 3 unspecified atom stereocenters. The SMILES string of the molecule is C=C1Nc2ccc(-c3cnc(C4C5CC5c5cc(-c6cc(Cl)ccc6-n6cnnn6)cc(=O)n54)[nH]3)cc2OC12CC2. The molecule has 11 heteroatoms. The van der Waals surface area contributed by atoms with Crippen LogP contribution in [0.1, 0.15) is 42.7 Å². The van der Waals surface area contributed by atoms with E-state index in [-0.39, 0.29) is 17.2 Å². The smallest absolute Gasteiger partial charge is 0.252 e. The molecule has 2 N–H and O–H groups in total. The molecular weight excluding hydrogens is 540 g/mol. The molecule has 2 aromatic carbocycles. The fraction of sp³-hybridized carbons (Fsp3) is 0.233. The molecule has 10 nitrogen and oxygen atoms in total. The summed E-state index contributed by atoms with van der Waals surface area (Å²) < 4.78 is 9.79. The largest absolute Gasteiger partial charge is 0.479 e. The van der Waals surface area contributed by atoms with E-state index in [9.17, 15) is 4.79 Å². The number of pyridine rings is 1. The number of ether oxygens (including phenoxy) is 1. The molecule has 5 aromatic rings. The lowest BCUT2D eigenvalue weighted by atomic mass is 10.0. The zero-order chi connectivity index (χ0) is 27.5. The average molecular weight is 563 g/mol. The number of fused-ring (bicyclic) bond motifs is 4. The molecule has 2 aliphatic carbocycles. The van der Waals surface area contributed by atoms with Crippen LogP contribution < -0.4 is 15.6 Å². The van der Waals surface area contributed by atoms with Gasteiger partial charge >= 0.3 is 0 Å². The van der Waals surface area contributed by atoms with Crippen LogP contribution in [0.15, 0.2) is 78.1 Å². The number of hydrogen-bond acceptors (Lipinski definition) is 7. The monoisotopic (exact) mass is 562 g/mol. The van der Waals surface area contributed by atoms with Crippen molar-refractivity contribution < 1.29 is 4.74 Å². The zero-order valence-corrected chi connectivity index (χ0v) is 22.5. The third-order valence-electron chi connectivity index (χ3n) is 8.88. The minimum atomic E-state index is -0.267. The van der Waals surface area contributed by atoms with Crippen molar-refractivity contribution in [2.45, 2.75) is 36.8 Å². The summed E-state index contributed by atoms with van der Waals surface area (Å²) in [5.74, 6) is 2.25. The first kappa shape index (κ1) is 23.0. The molecule has 4 aliphatic rings. The van der Waals surface area contributed by atoms with E-state index in [1.54, 1.807) is 16.8 Å². The Bertz CT molecular complexity index is 1970. The quantitative estimate of drug-likeness (QED) is 0.313. The summed E-state index contributed by atoms with van der Waals surface area (Å²) in [5, 5.41) is 15.5. The van der Waals surface area contributed by atoms with Crippen LogP contribution in [0.4, 0.5) is 5.69 Å².